The summed E-state index contributed by atoms with van der Waals surface area (Å²) >= 11 is 0. The highest BCUT2D eigenvalue weighted by Crippen LogP contribution is 2.57. The molecule has 8 heteroatoms. The first kappa shape index (κ1) is 19.0. The topological polar surface area (TPSA) is 131 Å². The number of fused-ring (bicyclic) bond motifs is 6. The molecule has 0 fully saturated rings. The van der Waals surface area contributed by atoms with Crippen molar-refractivity contribution in [1.29, 1.82) is 0 Å². The smallest absolute Gasteiger partial charge is 0.340 e. The Balaban J connectivity index is 1.73. The fourth-order valence-corrected chi connectivity index (χ4v) is 4.13. The molecule has 1 spiro atoms. The second-order valence-electron chi connectivity index (χ2n) is 7.34. The highest BCUT2D eigenvalue weighted by molar-refractivity contribution is 6.01. The SMILES string of the molecule is NCCNC(=O)c1ccc2c(c1)C(=O)OC21c2ccc(O)cc2Oc2cc(O)ccc21. The van der Waals surface area contributed by atoms with Gasteiger partial charge in [-0.25, -0.2) is 4.79 Å². The third kappa shape index (κ3) is 2.72. The van der Waals surface area contributed by atoms with Gasteiger partial charge in [0.15, 0.2) is 5.60 Å². The van der Waals surface area contributed by atoms with E-state index in [1.165, 1.54) is 30.3 Å². The highest BCUT2D eigenvalue weighted by atomic mass is 16.6. The number of hydrogen-bond donors (Lipinski definition) is 4. The molecule has 5 rings (SSSR count). The third-order valence-electron chi connectivity index (χ3n) is 5.47. The molecule has 0 aromatic heterocycles. The Morgan fingerprint density at radius 1 is 0.935 bits per heavy atom. The third-order valence-corrected chi connectivity index (χ3v) is 5.47. The molecule has 156 valence electrons. The van der Waals surface area contributed by atoms with Gasteiger partial charge < -0.3 is 30.7 Å². The van der Waals surface area contributed by atoms with Crippen LogP contribution in [-0.4, -0.2) is 35.2 Å². The van der Waals surface area contributed by atoms with Gasteiger partial charge in [0, 0.05) is 47.5 Å². The first-order valence-corrected chi connectivity index (χ1v) is 9.65. The van der Waals surface area contributed by atoms with E-state index < -0.39 is 11.6 Å². The number of benzene rings is 3. The number of carbonyl (C=O) groups excluding carboxylic acids is 2. The molecule has 0 unspecified atom stereocenters. The second kappa shape index (κ2) is 6.75. The predicted molar refractivity (Wildman–Crippen MR) is 109 cm³/mol. The molecule has 2 heterocycles. The average Bonchev–Trinajstić information content (AvgIpc) is 3.04. The summed E-state index contributed by atoms with van der Waals surface area (Å²) in [5.41, 5.74) is 6.24. The van der Waals surface area contributed by atoms with Gasteiger partial charge in [-0.2, -0.15) is 0 Å². The van der Waals surface area contributed by atoms with Gasteiger partial charge in [-0.1, -0.05) is 6.07 Å². The molecule has 5 N–H and O–H groups in total. The van der Waals surface area contributed by atoms with E-state index in [9.17, 15) is 19.8 Å². The van der Waals surface area contributed by atoms with Crippen LogP contribution in [0.2, 0.25) is 0 Å². The fraction of sp³-hybridized carbons (Fsp3) is 0.130. The summed E-state index contributed by atoms with van der Waals surface area (Å²) in [6.45, 7) is 0.616. The zero-order valence-corrected chi connectivity index (χ0v) is 16.2. The maximum Gasteiger partial charge on any atom is 0.340 e. The zero-order valence-electron chi connectivity index (χ0n) is 16.2. The van der Waals surface area contributed by atoms with Gasteiger partial charge in [0.25, 0.3) is 5.91 Å². The quantitative estimate of drug-likeness (QED) is 0.480. The van der Waals surface area contributed by atoms with Gasteiger partial charge >= 0.3 is 5.97 Å². The fourth-order valence-electron chi connectivity index (χ4n) is 4.13. The van der Waals surface area contributed by atoms with Crippen molar-refractivity contribution in [2.45, 2.75) is 5.60 Å². The number of amides is 1. The highest BCUT2D eigenvalue weighted by Gasteiger charge is 2.53. The van der Waals surface area contributed by atoms with Crippen molar-refractivity contribution in [1.82, 2.24) is 5.32 Å². The lowest BCUT2D eigenvalue weighted by Gasteiger charge is -2.36. The number of nitrogens with one attached hydrogen (secondary N) is 1. The molecule has 2 aliphatic rings. The van der Waals surface area contributed by atoms with Gasteiger partial charge in [-0.3, -0.25) is 4.79 Å². The lowest BCUT2D eigenvalue weighted by atomic mass is 9.77. The van der Waals surface area contributed by atoms with Gasteiger partial charge in [0.2, 0.25) is 0 Å². The zero-order chi connectivity index (χ0) is 21.8. The van der Waals surface area contributed by atoms with Crippen LogP contribution in [0.5, 0.6) is 23.0 Å². The van der Waals surface area contributed by atoms with Crippen LogP contribution in [0.1, 0.15) is 37.4 Å². The molecule has 8 nitrogen and oxygen atoms in total. The summed E-state index contributed by atoms with van der Waals surface area (Å²) in [4.78, 5) is 25.3. The van der Waals surface area contributed by atoms with Crippen LogP contribution in [0, 0.1) is 0 Å². The number of esters is 1. The number of rotatable bonds is 3. The van der Waals surface area contributed by atoms with E-state index in [-0.39, 0.29) is 23.0 Å². The lowest BCUT2D eigenvalue weighted by molar-refractivity contribution is 0.0224. The van der Waals surface area contributed by atoms with Crippen molar-refractivity contribution in [2.75, 3.05) is 13.1 Å². The summed E-state index contributed by atoms with van der Waals surface area (Å²) in [5, 5.41) is 22.6. The minimum Gasteiger partial charge on any atom is -0.508 e. The van der Waals surface area contributed by atoms with Crippen LogP contribution in [0.15, 0.2) is 54.6 Å². The van der Waals surface area contributed by atoms with Crippen molar-refractivity contribution < 1.29 is 29.3 Å². The van der Waals surface area contributed by atoms with Crippen molar-refractivity contribution in [2.24, 2.45) is 5.73 Å². The molecule has 0 atom stereocenters. The number of aromatic hydroxyl groups is 2. The first-order valence-electron chi connectivity index (χ1n) is 9.65. The van der Waals surface area contributed by atoms with E-state index in [2.05, 4.69) is 5.32 Å². The average molecular weight is 418 g/mol. The van der Waals surface area contributed by atoms with Crippen LogP contribution in [-0.2, 0) is 10.3 Å². The standard InChI is InChI=1S/C23H18N2O6/c24-7-8-25-21(28)12-1-4-16-15(9-12)22(29)31-23(16)17-5-2-13(26)10-19(17)30-20-11-14(27)3-6-18(20)23/h1-6,9-11,26-27H,7-8,24H2,(H,25,28). The van der Waals surface area contributed by atoms with Gasteiger partial charge in [0.05, 0.1) is 5.56 Å². The van der Waals surface area contributed by atoms with Gasteiger partial charge in [-0.15, -0.1) is 0 Å². The van der Waals surface area contributed by atoms with Gasteiger partial charge in [0.1, 0.15) is 23.0 Å². The molecule has 0 radical (unpaired) electrons. The van der Waals surface area contributed by atoms with Crippen LogP contribution >= 0.6 is 0 Å². The number of nitrogens with two attached hydrogens (primary N) is 1. The number of carbonyl (C=O) groups is 2. The normalized spacial score (nSPS) is 14.8. The number of phenols is 2. The van der Waals surface area contributed by atoms with E-state index in [0.29, 0.717) is 46.8 Å². The Hall–Kier alpha value is -4.04. The number of hydrogen-bond acceptors (Lipinski definition) is 7. The van der Waals surface area contributed by atoms with Crippen LogP contribution in [0.3, 0.4) is 0 Å². The molecule has 0 bridgehead atoms. The Morgan fingerprint density at radius 3 is 2.16 bits per heavy atom. The van der Waals surface area contributed by atoms with Crippen molar-refractivity contribution in [3.05, 3.63) is 82.4 Å². The molecular weight excluding hydrogens is 400 g/mol. The molecule has 3 aromatic rings. The minimum atomic E-state index is -1.34. The second-order valence-corrected chi connectivity index (χ2v) is 7.34. The van der Waals surface area contributed by atoms with Crippen molar-refractivity contribution in [3.8, 4) is 23.0 Å². The van der Waals surface area contributed by atoms with Crippen LogP contribution in [0.25, 0.3) is 0 Å². The summed E-state index contributed by atoms with van der Waals surface area (Å²) in [6, 6.07) is 13.9. The minimum absolute atomic E-state index is 0.0195. The van der Waals surface area contributed by atoms with Crippen molar-refractivity contribution >= 4 is 11.9 Å². The first-order chi connectivity index (χ1) is 14.9. The Morgan fingerprint density at radius 2 is 1.55 bits per heavy atom. The van der Waals surface area contributed by atoms with E-state index in [0.717, 1.165) is 0 Å². The molecule has 31 heavy (non-hydrogen) atoms. The molecule has 0 saturated carbocycles. The van der Waals surface area contributed by atoms with E-state index in [1.54, 1.807) is 24.3 Å². The van der Waals surface area contributed by atoms with E-state index in [1.807, 2.05) is 0 Å². The molecular formula is C23H18N2O6. The predicted octanol–water partition coefficient (Wildman–Crippen LogP) is 2.35. The summed E-state index contributed by atoms with van der Waals surface area (Å²) in [6.07, 6.45) is 0. The molecule has 2 aliphatic heterocycles. The molecule has 3 aromatic carbocycles. The molecule has 0 aliphatic carbocycles. The monoisotopic (exact) mass is 418 g/mol. The lowest BCUT2D eigenvalue weighted by Crippen LogP contribution is -2.33. The Kier molecular flexibility index (Phi) is 4.13. The summed E-state index contributed by atoms with van der Waals surface area (Å²) < 4.78 is 11.9. The van der Waals surface area contributed by atoms with Crippen LogP contribution in [0.4, 0.5) is 0 Å². The Labute approximate surface area is 176 Å². The van der Waals surface area contributed by atoms with Crippen LogP contribution < -0.4 is 15.8 Å². The maximum atomic E-state index is 13.0. The van der Waals surface area contributed by atoms with Gasteiger partial charge in [-0.05, 0) is 36.4 Å². The Bertz CT molecular complexity index is 1200. The number of phenolic OH excluding ortho intramolecular Hbond substituents is 2. The molecule has 0 saturated heterocycles. The van der Waals surface area contributed by atoms with E-state index >= 15 is 0 Å². The van der Waals surface area contributed by atoms with E-state index in [4.69, 9.17) is 15.2 Å². The molecule has 1 amide bonds. The number of ether oxygens (including phenoxy) is 2. The van der Waals surface area contributed by atoms with Crippen molar-refractivity contribution in [3.63, 3.8) is 0 Å². The summed E-state index contributed by atoms with van der Waals surface area (Å²) in [5.74, 6) is -0.386. The maximum absolute atomic E-state index is 13.0. The largest absolute Gasteiger partial charge is 0.508 e. The summed E-state index contributed by atoms with van der Waals surface area (Å²) in [7, 11) is 0.